The summed E-state index contributed by atoms with van der Waals surface area (Å²) in [6.07, 6.45) is 3.95. The molecule has 36 heavy (non-hydrogen) atoms. The van der Waals surface area contributed by atoms with E-state index in [1.165, 1.54) is 22.3 Å². The molecule has 0 N–H and O–H groups in total. The monoisotopic (exact) mass is 476 g/mol. The number of carbonyl (C=O) groups excluding carboxylic acids is 2. The number of carbonyl (C=O) groups is 2. The summed E-state index contributed by atoms with van der Waals surface area (Å²) < 4.78 is 5.99. The molecule has 2 heterocycles. The zero-order valence-corrected chi connectivity index (χ0v) is 20.1. The van der Waals surface area contributed by atoms with Crippen molar-refractivity contribution in [2.45, 2.75) is 50.1 Å². The molecule has 2 aliphatic heterocycles. The molecule has 2 bridgehead atoms. The van der Waals surface area contributed by atoms with Crippen LogP contribution in [0.2, 0.25) is 0 Å². The molecular formula is C31H28N2O3. The SMILES string of the molecule is N#Cc1ccc(C(=O)C2CC3CCCC(C2)N3C(=O)OCC2c3ccccc3-c3ccccc32)cc1. The first kappa shape index (κ1) is 22.5. The Morgan fingerprint density at radius 1 is 0.861 bits per heavy atom. The van der Waals surface area contributed by atoms with E-state index >= 15 is 0 Å². The van der Waals surface area contributed by atoms with E-state index in [4.69, 9.17) is 10.00 Å². The van der Waals surface area contributed by atoms with Crippen molar-refractivity contribution in [1.82, 2.24) is 4.90 Å². The molecule has 0 aromatic heterocycles. The summed E-state index contributed by atoms with van der Waals surface area (Å²) in [5.74, 6) is 0.0474. The Kier molecular flexibility index (Phi) is 5.81. The summed E-state index contributed by atoms with van der Waals surface area (Å²) in [7, 11) is 0. The number of Topliss-reactive ketones (excluding diaryl/α,β-unsaturated/α-hetero) is 1. The molecule has 3 aromatic carbocycles. The number of benzene rings is 3. The number of amides is 1. The Morgan fingerprint density at radius 2 is 1.44 bits per heavy atom. The van der Waals surface area contributed by atoms with E-state index in [0.29, 0.717) is 30.6 Å². The van der Waals surface area contributed by atoms with Gasteiger partial charge < -0.3 is 9.64 Å². The Labute approximate surface area is 211 Å². The summed E-state index contributed by atoms with van der Waals surface area (Å²) in [6.45, 7) is 0.316. The predicted molar refractivity (Wildman–Crippen MR) is 137 cm³/mol. The van der Waals surface area contributed by atoms with Crippen molar-refractivity contribution in [3.63, 3.8) is 0 Å². The van der Waals surface area contributed by atoms with E-state index in [0.717, 1.165) is 19.3 Å². The maximum absolute atomic E-state index is 13.4. The van der Waals surface area contributed by atoms with Gasteiger partial charge in [0.25, 0.3) is 0 Å². The Hall–Kier alpha value is -3.91. The minimum atomic E-state index is -0.254. The molecule has 5 heteroatoms. The summed E-state index contributed by atoms with van der Waals surface area (Å²) in [5.41, 5.74) is 6.04. The van der Waals surface area contributed by atoms with Crippen molar-refractivity contribution in [1.29, 1.82) is 5.26 Å². The number of fused-ring (bicyclic) bond motifs is 5. The molecule has 0 saturated carbocycles. The minimum Gasteiger partial charge on any atom is -0.448 e. The van der Waals surface area contributed by atoms with Gasteiger partial charge >= 0.3 is 6.09 Å². The minimum absolute atomic E-state index is 0.0282. The fourth-order valence-electron chi connectivity index (χ4n) is 6.51. The van der Waals surface area contributed by atoms with Crippen molar-refractivity contribution in [2.24, 2.45) is 5.92 Å². The molecule has 2 fully saturated rings. The third kappa shape index (κ3) is 3.87. The number of ether oxygens (including phenoxy) is 1. The summed E-state index contributed by atoms with van der Waals surface area (Å²) in [6, 6.07) is 25.7. The maximum atomic E-state index is 13.4. The normalized spacial score (nSPS) is 22.3. The zero-order valence-electron chi connectivity index (χ0n) is 20.1. The van der Waals surface area contributed by atoms with Crippen LogP contribution < -0.4 is 0 Å². The van der Waals surface area contributed by atoms with Gasteiger partial charge in [0, 0.05) is 29.5 Å². The fraction of sp³-hybridized carbons (Fsp3) is 0.323. The first-order valence-electron chi connectivity index (χ1n) is 12.8. The smallest absolute Gasteiger partial charge is 0.410 e. The molecule has 3 aliphatic rings. The van der Waals surface area contributed by atoms with Crippen molar-refractivity contribution in [2.75, 3.05) is 6.61 Å². The van der Waals surface area contributed by atoms with Gasteiger partial charge in [0.05, 0.1) is 11.6 Å². The third-order valence-corrected chi connectivity index (χ3v) is 8.19. The highest BCUT2D eigenvalue weighted by atomic mass is 16.6. The second-order valence-electron chi connectivity index (χ2n) is 10.2. The number of nitriles is 1. The highest BCUT2D eigenvalue weighted by Gasteiger charge is 2.44. The molecule has 2 unspecified atom stereocenters. The highest BCUT2D eigenvalue weighted by Crippen LogP contribution is 2.45. The van der Waals surface area contributed by atoms with Crippen molar-refractivity contribution < 1.29 is 14.3 Å². The number of piperidine rings is 2. The molecule has 3 aromatic rings. The first-order valence-corrected chi connectivity index (χ1v) is 12.8. The summed E-state index contributed by atoms with van der Waals surface area (Å²) in [4.78, 5) is 28.5. The average Bonchev–Trinajstić information content (AvgIpc) is 3.24. The van der Waals surface area contributed by atoms with E-state index in [1.54, 1.807) is 24.3 Å². The van der Waals surface area contributed by atoms with Gasteiger partial charge in [0.2, 0.25) is 0 Å². The second kappa shape index (κ2) is 9.28. The van der Waals surface area contributed by atoms with Crippen molar-refractivity contribution in [3.8, 4) is 17.2 Å². The van der Waals surface area contributed by atoms with Gasteiger partial charge in [0.1, 0.15) is 6.61 Å². The zero-order chi connectivity index (χ0) is 24.6. The first-order chi connectivity index (χ1) is 17.6. The van der Waals surface area contributed by atoms with E-state index < -0.39 is 0 Å². The van der Waals surface area contributed by atoms with Gasteiger partial charge in [-0.3, -0.25) is 4.79 Å². The van der Waals surface area contributed by atoms with Crippen LogP contribution in [0.5, 0.6) is 0 Å². The summed E-state index contributed by atoms with van der Waals surface area (Å²) in [5, 5.41) is 9.03. The molecular weight excluding hydrogens is 448 g/mol. The molecule has 2 atom stereocenters. The molecule has 1 amide bonds. The van der Waals surface area contributed by atoms with Gasteiger partial charge in [-0.15, -0.1) is 0 Å². The number of hydrogen-bond donors (Lipinski definition) is 0. The van der Waals surface area contributed by atoms with Gasteiger partial charge in [-0.2, -0.15) is 5.26 Å². The molecule has 0 radical (unpaired) electrons. The lowest BCUT2D eigenvalue weighted by Crippen LogP contribution is -2.55. The number of hydrogen-bond acceptors (Lipinski definition) is 4. The van der Waals surface area contributed by atoms with E-state index in [2.05, 4.69) is 42.5 Å². The van der Waals surface area contributed by atoms with E-state index in [-0.39, 0.29) is 35.8 Å². The van der Waals surface area contributed by atoms with Crippen LogP contribution in [-0.4, -0.2) is 35.5 Å². The van der Waals surface area contributed by atoms with Gasteiger partial charge in [0.15, 0.2) is 5.78 Å². The van der Waals surface area contributed by atoms with Crippen molar-refractivity contribution >= 4 is 11.9 Å². The lowest BCUT2D eigenvalue weighted by Gasteiger charge is -2.47. The second-order valence-corrected chi connectivity index (χ2v) is 10.2. The van der Waals surface area contributed by atoms with Crippen LogP contribution in [0, 0.1) is 17.2 Å². The largest absolute Gasteiger partial charge is 0.448 e. The Morgan fingerprint density at radius 3 is 2.03 bits per heavy atom. The topological polar surface area (TPSA) is 70.4 Å². The van der Waals surface area contributed by atoms with Gasteiger partial charge in [-0.25, -0.2) is 4.79 Å². The lowest BCUT2D eigenvalue weighted by molar-refractivity contribution is 0.00651. The van der Waals surface area contributed by atoms with Gasteiger partial charge in [-0.1, -0.05) is 60.7 Å². The molecule has 0 spiro atoms. The molecule has 1 aliphatic carbocycles. The maximum Gasteiger partial charge on any atom is 0.410 e. The van der Waals surface area contributed by atoms with Crippen LogP contribution in [-0.2, 0) is 4.74 Å². The Balaban J connectivity index is 1.16. The highest BCUT2D eigenvalue weighted by molar-refractivity contribution is 5.98. The number of rotatable bonds is 4. The standard InChI is InChI=1S/C31H28N2O3/c32-18-20-12-14-21(15-13-20)30(34)22-16-23-6-5-7-24(17-22)33(23)31(35)36-19-29-27-10-3-1-8-25(27)26-9-2-4-11-28(26)29/h1-4,8-15,22-24,29H,5-7,16-17,19H2. The fourth-order valence-corrected chi connectivity index (χ4v) is 6.51. The van der Waals surface area contributed by atoms with E-state index in [1.807, 2.05) is 17.0 Å². The van der Waals surface area contributed by atoms with Crippen LogP contribution in [0.1, 0.15) is 65.1 Å². The van der Waals surface area contributed by atoms with E-state index in [9.17, 15) is 9.59 Å². The van der Waals surface area contributed by atoms with Crippen molar-refractivity contribution in [3.05, 3.63) is 95.1 Å². The number of ketones is 1. The van der Waals surface area contributed by atoms with Crippen LogP contribution in [0.3, 0.4) is 0 Å². The van der Waals surface area contributed by atoms with Crippen LogP contribution in [0.4, 0.5) is 4.79 Å². The quantitative estimate of drug-likeness (QED) is 0.413. The molecule has 180 valence electrons. The third-order valence-electron chi connectivity index (χ3n) is 8.19. The van der Waals surface area contributed by atoms with Crippen LogP contribution in [0.25, 0.3) is 11.1 Å². The Bertz CT molecular complexity index is 1300. The number of nitrogens with zero attached hydrogens (tertiary/aromatic N) is 2. The summed E-state index contributed by atoms with van der Waals surface area (Å²) >= 11 is 0. The van der Waals surface area contributed by atoms with Crippen LogP contribution in [0.15, 0.2) is 72.8 Å². The van der Waals surface area contributed by atoms with Gasteiger partial charge in [-0.05, 0) is 66.5 Å². The van der Waals surface area contributed by atoms with Crippen LogP contribution >= 0.6 is 0 Å². The average molecular weight is 477 g/mol. The molecule has 2 saturated heterocycles. The molecule has 5 nitrogen and oxygen atoms in total. The predicted octanol–water partition coefficient (Wildman–Crippen LogP) is 6.32. The lowest BCUT2D eigenvalue weighted by atomic mass is 9.76. The molecule has 6 rings (SSSR count).